The Morgan fingerprint density at radius 1 is 1.07 bits per heavy atom. The number of hydrogen-bond donors (Lipinski definition) is 0. The number of aryl methyl sites for hydroxylation is 1. The fourth-order valence-corrected chi connectivity index (χ4v) is 4.80. The van der Waals surface area contributed by atoms with Crippen molar-refractivity contribution in [3.05, 3.63) is 35.4 Å². The van der Waals surface area contributed by atoms with Crippen molar-refractivity contribution in [2.24, 2.45) is 5.92 Å². The minimum Gasteiger partial charge on any atom is -0.343 e. The third kappa shape index (κ3) is 5.59. The first-order valence-electron chi connectivity index (χ1n) is 11.4. The molecule has 2 aliphatic rings. The van der Waals surface area contributed by atoms with Crippen LogP contribution < -0.4 is 0 Å². The quantitative estimate of drug-likeness (QED) is 0.736. The molecule has 2 saturated heterocycles. The summed E-state index contributed by atoms with van der Waals surface area (Å²) in [4.78, 5) is 32.0. The van der Waals surface area contributed by atoms with Crippen molar-refractivity contribution < 1.29 is 9.59 Å². The molecule has 160 valence electrons. The van der Waals surface area contributed by atoms with Gasteiger partial charge in [0.1, 0.15) is 0 Å². The Morgan fingerprint density at radius 3 is 2.48 bits per heavy atom. The van der Waals surface area contributed by atoms with E-state index in [0.717, 1.165) is 58.4 Å². The van der Waals surface area contributed by atoms with Crippen LogP contribution in [0.25, 0.3) is 0 Å². The molecule has 2 amide bonds. The Balaban J connectivity index is 1.58. The zero-order chi connectivity index (χ0) is 20.8. The highest BCUT2D eigenvalue weighted by Crippen LogP contribution is 2.26. The molecule has 2 aliphatic heterocycles. The number of hydrogen-bond acceptors (Lipinski definition) is 3. The standard InChI is InChI=1S/C24H37N3O2/c1-4-25(5-2)24(29)21-7-6-15-26(18-21)22-12-13-23(28)27(16-14-22)17-20-10-8-19(3)9-11-20/h8-11,21-22H,4-7,12-18H2,1-3H3. The Labute approximate surface area is 176 Å². The molecule has 0 aromatic heterocycles. The van der Waals surface area contributed by atoms with Crippen LogP contribution in [0.5, 0.6) is 0 Å². The van der Waals surface area contributed by atoms with E-state index in [1.165, 1.54) is 11.1 Å². The molecule has 29 heavy (non-hydrogen) atoms. The Hall–Kier alpha value is -1.88. The van der Waals surface area contributed by atoms with Gasteiger partial charge in [0.15, 0.2) is 0 Å². The Kier molecular flexibility index (Phi) is 7.70. The van der Waals surface area contributed by atoms with Crippen molar-refractivity contribution in [3.63, 3.8) is 0 Å². The molecule has 2 fully saturated rings. The number of amides is 2. The zero-order valence-electron chi connectivity index (χ0n) is 18.4. The van der Waals surface area contributed by atoms with E-state index in [1.807, 2.05) is 9.80 Å². The Bertz CT molecular complexity index is 684. The molecule has 2 heterocycles. The van der Waals surface area contributed by atoms with Gasteiger partial charge in [-0.15, -0.1) is 0 Å². The maximum atomic E-state index is 12.8. The van der Waals surface area contributed by atoms with Crippen LogP contribution in [0.2, 0.25) is 0 Å². The molecular weight excluding hydrogens is 362 g/mol. The van der Waals surface area contributed by atoms with Crippen LogP contribution >= 0.6 is 0 Å². The summed E-state index contributed by atoms with van der Waals surface area (Å²) in [5, 5.41) is 0. The predicted molar refractivity (Wildman–Crippen MR) is 116 cm³/mol. The molecule has 1 aromatic carbocycles. The van der Waals surface area contributed by atoms with Crippen LogP contribution in [0, 0.1) is 12.8 Å². The molecule has 3 rings (SSSR count). The number of carbonyl (C=O) groups is 2. The van der Waals surface area contributed by atoms with Crippen LogP contribution in [0.15, 0.2) is 24.3 Å². The van der Waals surface area contributed by atoms with Gasteiger partial charge in [0, 0.05) is 45.2 Å². The van der Waals surface area contributed by atoms with E-state index < -0.39 is 0 Å². The lowest BCUT2D eigenvalue weighted by molar-refractivity contribution is -0.137. The normalized spacial score (nSPS) is 23.7. The number of carbonyl (C=O) groups excluding carboxylic acids is 2. The summed E-state index contributed by atoms with van der Waals surface area (Å²) in [7, 11) is 0. The number of piperidine rings is 1. The number of likely N-dealkylation sites (tertiary alicyclic amines) is 2. The summed E-state index contributed by atoms with van der Waals surface area (Å²) in [6, 6.07) is 8.88. The first-order chi connectivity index (χ1) is 14.0. The molecule has 1 aromatic rings. The molecule has 0 saturated carbocycles. The van der Waals surface area contributed by atoms with E-state index in [9.17, 15) is 9.59 Å². The fourth-order valence-electron chi connectivity index (χ4n) is 4.80. The average Bonchev–Trinajstić information content (AvgIpc) is 2.92. The zero-order valence-corrected chi connectivity index (χ0v) is 18.4. The van der Waals surface area contributed by atoms with E-state index in [2.05, 4.69) is 49.9 Å². The SMILES string of the molecule is CCN(CC)C(=O)C1CCCN(C2CCC(=O)N(Cc3ccc(C)cc3)CC2)C1. The van der Waals surface area contributed by atoms with E-state index in [4.69, 9.17) is 0 Å². The van der Waals surface area contributed by atoms with Crippen LogP contribution in [0.4, 0.5) is 0 Å². The third-order valence-electron chi connectivity index (χ3n) is 6.66. The lowest BCUT2D eigenvalue weighted by Crippen LogP contribution is -2.48. The summed E-state index contributed by atoms with van der Waals surface area (Å²) in [6.07, 6.45) is 4.60. The van der Waals surface area contributed by atoms with Gasteiger partial charge in [-0.1, -0.05) is 29.8 Å². The van der Waals surface area contributed by atoms with Crippen molar-refractivity contribution in [2.45, 2.75) is 65.5 Å². The van der Waals surface area contributed by atoms with E-state index in [0.29, 0.717) is 24.9 Å². The lowest BCUT2D eigenvalue weighted by Gasteiger charge is -2.38. The third-order valence-corrected chi connectivity index (χ3v) is 6.66. The smallest absolute Gasteiger partial charge is 0.226 e. The highest BCUT2D eigenvalue weighted by Gasteiger charge is 2.33. The maximum absolute atomic E-state index is 12.8. The summed E-state index contributed by atoms with van der Waals surface area (Å²) in [5.41, 5.74) is 2.44. The second-order valence-electron chi connectivity index (χ2n) is 8.63. The number of rotatable bonds is 6. The van der Waals surface area contributed by atoms with Crippen LogP contribution in [0.1, 0.15) is 57.1 Å². The summed E-state index contributed by atoms with van der Waals surface area (Å²) >= 11 is 0. The molecular formula is C24H37N3O2. The van der Waals surface area contributed by atoms with Gasteiger partial charge in [0.05, 0.1) is 5.92 Å². The predicted octanol–water partition coefficient (Wildman–Crippen LogP) is 3.46. The molecule has 5 nitrogen and oxygen atoms in total. The second-order valence-corrected chi connectivity index (χ2v) is 8.63. The maximum Gasteiger partial charge on any atom is 0.226 e. The molecule has 0 aliphatic carbocycles. The fraction of sp³-hybridized carbons (Fsp3) is 0.667. The number of nitrogens with zero attached hydrogens (tertiary/aromatic N) is 3. The molecule has 0 radical (unpaired) electrons. The van der Waals surface area contributed by atoms with E-state index >= 15 is 0 Å². The van der Waals surface area contributed by atoms with Crippen LogP contribution in [0.3, 0.4) is 0 Å². The van der Waals surface area contributed by atoms with Gasteiger partial charge in [-0.3, -0.25) is 14.5 Å². The first-order valence-corrected chi connectivity index (χ1v) is 11.4. The van der Waals surface area contributed by atoms with Crippen LogP contribution in [-0.4, -0.2) is 65.3 Å². The minimum atomic E-state index is 0.117. The van der Waals surface area contributed by atoms with Crippen molar-refractivity contribution >= 4 is 11.8 Å². The van der Waals surface area contributed by atoms with Gasteiger partial charge in [-0.2, -0.15) is 0 Å². The largest absolute Gasteiger partial charge is 0.343 e. The molecule has 2 atom stereocenters. The molecule has 0 bridgehead atoms. The summed E-state index contributed by atoms with van der Waals surface area (Å²) < 4.78 is 0. The molecule has 0 N–H and O–H groups in total. The van der Waals surface area contributed by atoms with Gasteiger partial charge >= 0.3 is 0 Å². The summed E-state index contributed by atoms with van der Waals surface area (Å²) in [6.45, 7) is 11.2. The Morgan fingerprint density at radius 2 is 1.79 bits per heavy atom. The van der Waals surface area contributed by atoms with Gasteiger partial charge in [0.2, 0.25) is 11.8 Å². The summed E-state index contributed by atoms with van der Waals surface area (Å²) in [5.74, 6) is 0.692. The van der Waals surface area contributed by atoms with Gasteiger partial charge in [-0.25, -0.2) is 0 Å². The van der Waals surface area contributed by atoms with E-state index in [1.54, 1.807) is 0 Å². The highest BCUT2D eigenvalue weighted by atomic mass is 16.2. The second kappa shape index (κ2) is 10.2. The molecule has 0 spiro atoms. The van der Waals surface area contributed by atoms with Crippen molar-refractivity contribution in [1.29, 1.82) is 0 Å². The first kappa shape index (κ1) is 21.8. The van der Waals surface area contributed by atoms with Gasteiger partial charge < -0.3 is 9.80 Å². The van der Waals surface area contributed by atoms with Gasteiger partial charge in [-0.05, 0) is 58.6 Å². The number of benzene rings is 1. The minimum absolute atomic E-state index is 0.117. The van der Waals surface area contributed by atoms with Gasteiger partial charge in [0.25, 0.3) is 0 Å². The molecule has 5 heteroatoms. The molecule has 2 unspecified atom stereocenters. The lowest BCUT2D eigenvalue weighted by atomic mass is 9.93. The van der Waals surface area contributed by atoms with Crippen LogP contribution in [-0.2, 0) is 16.1 Å². The monoisotopic (exact) mass is 399 g/mol. The topological polar surface area (TPSA) is 43.9 Å². The van der Waals surface area contributed by atoms with E-state index in [-0.39, 0.29) is 11.8 Å². The average molecular weight is 400 g/mol. The highest BCUT2D eigenvalue weighted by molar-refractivity contribution is 5.79. The van der Waals surface area contributed by atoms with Crippen molar-refractivity contribution in [1.82, 2.24) is 14.7 Å². The van der Waals surface area contributed by atoms with Crippen molar-refractivity contribution in [2.75, 3.05) is 32.7 Å². The van der Waals surface area contributed by atoms with Crippen molar-refractivity contribution in [3.8, 4) is 0 Å².